The van der Waals surface area contributed by atoms with Crippen LogP contribution >= 0.6 is 0 Å². The van der Waals surface area contributed by atoms with E-state index in [1.807, 2.05) is 0 Å². The van der Waals surface area contributed by atoms with Crippen LogP contribution in [0.4, 0.5) is 4.79 Å². The van der Waals surface area contributed by atoms with E-state index in [9.17, 15) is 14.4 Å². The molecule has 0 radical (unpaired) electrons. The standard InChI is InChI=1S/C14H19N3O4/c1-2-15-12(18)9-17-14(21)16-8-11-6-4-3-5-10(11)7-13(19)20/h3-6H,2,7-9H2,1H3,(H,15,18)(H,19,20)(H2,16,17,21). The summed E-state index contributed by atoms with van der Waals surface area (Å²) in [4.78, 5) is 33.5. The van der Waals surface area contributed by atoms with E-state index in [1.165, 1.54) is 0 Å². The summed E-state index contributed by atoms with van der Waals surface area (Å²) in [5, 5.41) is 16.4. The first-order chi connectivity index (χ1) is 10.0. The molecule has 4 N–H and O–H groups in total. The predicted molar refractivity (Wildman–Crippen MR) is 76.7 cm³/mol. The zero-order valence-electron chi connectivity index (χ0n) is 11.8. The maximum absolute atomic E-state index is 11.5. The second-order valence-electron chi connectivity index (χ2n) is 4.33. The fraction of sp³-hybridized carbons (Fsp3) is 0.357. The van der Waals surface area contributed by atoms with Crippen LogP contribution in [0.5, 0.6) is 0 Å². The Morgan fingerprint density at radius 1 is 1.05 bits per heavy atom. The topological polar surface area (TPSA) is 108 Å². The number of rotatable bonds is 7. The monoisotopic (exact) mass is 293 g/mol. The summed E-state index contributed by atoms with van der Waals surface area (Å²) in [5.41, 5.74) is 1.38. The van der Waals surface area contributed by atoms with Gasteiger partial charge in [0.1, 0.15) is 0 Å². The molecule has 3 amide bonds. The minimum absolute atomic E-state index is 0.0988. The molecule has 0 fully saturated rings. The van der Waals surface area contributed by atoms with Gasteiger partial charge >= 0.3 is 12.0 Å². The fourth-order valence-electron chi connectivity index (χ4n) is 1.72. The SMILES string of the molecule is CCNC(=O)CNC(=O)NCc1ccccc1CC(=O)O. The van der Waals surface area contributed by atoms with Crippen molar-refractivity contribution < 1.29 is 19.5 Å². The van der Waals surface area contributed by atoms with Crippen LogP contribution in [0.1, 0.15) is 18.1 Å². The summed E-state index contributed by atoms with van der Waals surface area (Å²) < 4.78 is 0. The number of hydrogen-bond acceptors (Lipinski definition) is 3. The first-order valence-electron chi connectivity index (χ1n) is 6.60. The second kappa shape index (κ2) is 8.57. The summed E-state index contributed by atoms with van der Waals surface area (Å²) in [5.74, 6) is -1.19. The van der Waals surface area contributed by atoms with Crippen molar-refractivity contribution in [3.05, 3.63) is 35.4 Å². The Labute approximate surface area is 122 Å². The minimum Gasteiger partial charge on any atom is -0.481 e. The number of carbonyl (C=O) groups excluding carboxylic acids is 2. The Kier molecular flexibility index (Phi) is 6.73. The van der Waals surface area contributed by atoms with Gasteiger partial charge in [-0.1, -0.05) is 24.3 Å². The Hall–Kier alpha value is -2.57. The quantitative estimate of drug-likeness (QED) is 0.578. The molecule has 114 valence electrons. The second-order valence-corrected chi connectivity index (χ2v) is 4.33. The van der Waals surface area contributed by atoms with Crippen molar-refractivity contribution in [3.63, 3.8) is 0 Å². The predicted octanol–water partition coefficient (Wildman–Crippen LogP) is 0.249. The minimum atomic E-state index is -0.928. The number of aliphatic carboxylic acids is 1. The maximum Gasteiger partial charge on any atom is 0.315 e. The Morgan fingerprint density at radius 2 is 1.71 bits per heavy atom. The average Bonchev–Trinajstić information content (AvgIpc) is 2.44. The number of amides is 3. The van der Waals surface area contributed by atoms with Crippen molar-refractivity contribution >= 4 is 17.9 Å². The first kappa shape index (κ1) is 16.5. The van der Waals surface area contributed by atoms with Crippen molar-refractivity contribution in [1.29, 1.82) is 0 Å². The molecule has 0 aliphatic rings. The van der Waals surface area contributed by atoms with Gasteiger partial charge in [-0.25, -0.2) is 4.79 Å². The number of benzene rings is 1. The van der Waals surface area contributed by atoms with E-state index in [4.69, 9.17) is 5.11 Å². The largest absolute Gasteiger partial charge is 0.481 e. The van der Waals surface area contributed by atoms with Crippen molar-refractivity contribution in [2.75, 3.05) is 13.1 Å². The van der Waals surface area contributed by atoms with Crippen LogP contribution in [0.25, 0.3) is 0 Å². The van der Waals surface area contributed by atoms with E-state index in [0.717, 1.165) is 5.56 Å². The van der Waals surface area contributed by atoms with Gasteiger partial charge in [0.05, 0.1) is 13.0 Å². The Balaban J connectivity index is 2.46. The molecule has 0 aromatic heterocycles. The highest BCUT2D eigenvalue weighted by Crippen LogP contribution is 2.09. The maximum atomic E-state index is 11.5. The van der Waals surface area contributed by atoms with Crippen LogP contribution in [-0.2, 0) is 22.6 Å². The first-order valence-corrected chi connectivity index (χ1v) is 6.60. The molecule has 0 saturated heterocycles. The number of likely N-dealkylation sites (N-methyl/N-ethyl adjacent to an activating group) is 1. The lowest BCUT2D eigenvalue weighted by atomic mass is 10.0. The molecule has 0 saturated carbocycles. The van der Waals surface area contributed by atoms with Gasteiger partial charge in [-0.2, -0.15) is 0 Å². The van der Waals surface area contributed by atoms with Gasteiger partial charge in [-0.05, 0) is 18.1 Å². The zero-order valence-corrected chi connectivity index (χ0v) is 11.8. The molecular weight excluding hydrogens is 274 g/mol. The highest BCUT2D eigenvalue weighted by atomic mass is 16.4. The van der Waals surface area contributed by atoms with E-state index in [1.54, 1.807) is 31.2 Å². The highest BCUT2D eigenvalue weighted by molar-refractivity contribution is 5.83. The van der Waals surface area contributed by atoms with Crippen LogP contribution in [-0.4, -0.2) is 36.1 Å². The van der Waals surface area contributed by atoms with Crippen LogP contribution in [0.2, 0.25) is 0 Å². The zero-order chi connectivity index (χ0) is 15.7. The van der Waals surface area contributed by atoms with Crippen molar-refractivity contribution in [2.45, 2.75) is 19.9 Å². The van der Waals surface area contributed by atoms with Crippen LogP contribution in [0.3, 0.4) is 0 Å². The summed E-state index contributed by atoms with van der Waals surface area (Å²) in [7, 11) is 0. The molecule has 1 rings (SSSR count). The lowest BCUT2D eigenvalue weighted by molar-refractivity contribution is -0.136. The summed E-state index contributed by atoms with van der Waals surface area (Å²) in [6.07, 6.45) is -0.0988. The Morgan fingerprint density at radius 3 is 2.33 bits per heavy atom. The number of carboxylic acids is 1. The van der Waals surface area contributed by atoms with E-state index in [0.29, 0.717) is 12.1 Å². The van der Waals surface area contributed by atoms with Gasteiger partial charge in [0.2, 0.25) is 5.91 Å². The third-order valence-electron chi connectivity index (χ3n) is 2.68. The number of hydrogen-bond donors (Lipinski definition) is 4. The van der Waals surface area contributed by atoms with Gasteiger partial charge in [0.25, 0.3) is 0 Å². The smallest absolute Gasteiger partial charge is 0.315 e. The molecule has 0 bridgehead atoms. The lowest BCUT2D eigenvalue weighted by Gasteiger charge is -2.10. The third kappa shape index (κ3) is 6.42. The average molecular weight is 293 g/mol. The molecule has 7 nitrogen and oxygen atoms in total. The molecular formula is C14H19N3O4. The van der Waals surface area contributed by atoms with Gasteiger partial charge in [-0.3, -0.25) is 9.59 Å². The van der Waals surface area contributed by atoms with Crippen molar-refractivity contribution in [2.24, 2.45) is 0 Å². The summed E-state index contributed by atoms with van der Waals surface area (Å²) >= 11 is 0. The molecule has 0 atom stereocenters. The van der Waals surface area contributed by atoms with E-state index in [-0.39, 0.29) is 25.4 Å². The molecule has 0 unspecified atom stereocenters. The van der Waals surface area contributed by atoms with Gasteiger partial charge < -0.3 is 21.1 Å². The van der Waals surface area contributed by atoms with E-state index < -0.39 is 12.0 Å². The van der Waals surface area contributed by atoms with Crippen LogP contribution < -0.4 is 16.0 Å². The lowest BCUT2D eigenvalue weighted by Crippen LogP contribution is -2.41. The third-order valence-corrected chi connectivity index (χ3v) is 2.68. The number of carbonyl (C=O) groups is 3. The van der Waals surface area contributed by atoms with Gasteiger partial charge in [-0.15, -0.1) is 0 Å². The Bertz CT molecular complexity index is 517. The van der Waals surface area contributed by atoms with Crippen LogP contribution in [0, 0.1) is 0 Å². The van der Waals surface area contributed by atoms with Crippen LogP contribution in [0.15, 0.2) is 24.3 Å². The molecule has 7 heteroatoms. The normalized spacial score (nSPS) is 9.76. The molecule has 0 spiro atoms. The molecule has 1 aromatic rings. The molecule has 0 aliphatic carbocycles. The van der Waals surface area contributed by atoms with Gasteiger partial charge in [0, 0.05) is 13.1 Å². The summed E-state index contributed by atoms with van der Waals surface area (Å²) in [6.45, 7) is 2.39. The summed E-state index contributed by atoms with van der Waals surface area (Å²) in [6, 6.07) is 6.50. The van der Waals surface area contributed by atoms with Crippen molar-refractivity contribution in [1.82, 2.24) is 16.0 Å². The fourth-order valence-corrected chi connectivity index (χ4v) is 1.72. The number of carboxylic acid groups (broad SMARTS) is 1. The van der Waals surface area contributed by atoms with Gasteiger partial charge in [0.15, 0.2) is 0 Å². The highest BCUT2D eigenvalue weighted by Gasteiger charge is 2.08. The molecule has 0 aliphatic heterocycles. The van der Waals surface area contributed by atoms with E-state index in [2.05, 4.69) is 16.0 Å². The molecule has 1 aromatic carbocycles. The molecule has 21 heavy (non-hydrogen) atoms. The molecule has 0 heterocycles. The van der Waals surface area contributed by atoms with E-state index >= 15 is 0 Å². The number of urea groups is 1. The number of nitrogens with one attached hydrogen (secondary N) is 3. The van der Waals surface area contributed by atoms with Crippen molar-refractivity contribution in [3.8, 4) is 0 Å².